The minimum atomic E-state index is -4.23. The monoisotopic (exact) mass is 607 g/mol. The van der Waals surface area contributed by atoms with Gasteiger partial charge < -0.3 is 10.2 Å². The molecule has 3 aromatic carbocycles. The van der Waals surface area contributed by atoms with Crippen LogP contribution in [0.4, 0.5) is 10.1 Å². The molecule has 214 valence electrons. The van der Waals surface area contributed by atoms with Gasteiger partial charge in [0.2, 0.25) is 11.8 Å². The van der Waals surface area contributed by atoms with E-state index in [1.165, 1.54) is 59.5 Å². The molecule has 3 aromatic rings. The maximum atomic E-state index is 14.0. The molecule has 0 radical (unpaired) electrons. The molecule has 2 amide bonds. The number of hydrogen-bond acceptors (Lipinski definition) is 4. The molecule has 40 heavy (non-hydrogen) atoms. The third-order valence-corrected chi connectivity index (χ3v) is 8.98. The number of sulfonamides is 1. The van der Waals surface area contributed by atoms with Crippen molar-refractivity contribution < 1.29 is 22.4 Å². The van der Waals surface area contributed by atoms with E-state index in [9.17, 15) is 22.4 Å². The van der Waals surface area contributed by atoms with Crippen LogP contribution < -0.4 is 9.62 Å². The van der Waals surface area contributed by atoms with Gasteiger partial charge in [-0.2, -0.15) is 0 Å². The van der Waals surface area contributed by atoms with Gasteiger partial charge in [0, 0.05) is 12.6 Å². The lowest BCUT2D eigenvalue weighted by Crippen LogP contribution is -2.53. The molecule has 0 heterocycles. The number of nitrogens with zero attached hydrogens (tertiary/aromatic N) is 2. The maximum absolute atomic E-state index is 14.0. The van der Waals surface area contributed by atoms with Crippen LogP contribution in [-0.2, 0) is 26.2 Å². The highest BCUT2D eigenvalue weighted by atomic mass is 35.5. The van der Waals surface area contributed by atoms with Crippen molar-refractivity contribution in [2.75, 3.05) is 10.8 Å². The van der Waals surface area contributed by atoms with E-state index in [-0.39, 0.29) is 45.5 Å². The van der Waals surface area contributed by atoms with Crippen LogP contribution in [0.5, 0.6) is 0 Å². The summed E-state index contributed by atoms with van der Waals surface area (Å²) in [6.45, 7) is 4.89. The summed E-state index contributed by atoms with van der Waals surface area (Å²) < 4.78 is 42.1. The Hall–Kier alpha value is -3.14. The Labute approximate surface area is 244 Å². The van der Waals surface area contributed by atoms with Crippen molar-refractivity contribution in [1.82, 2.24) is 10.2 Å². The molecule has 0 aliphatic carbocycles. The SMILES string of the molecule is CCC(C)NC(=O)C(CC)N(Cc1ccc(F)cc1)C(=O)CN(c1ccc(Cl)c(Cl)c1)S(=O)(=O)c1ccccc1. The zero-order valence-corrected chi connectivity index (χ0v) is 24.8. The highest BCUT2D eigenvalue weighted by Crippen LogP contribution is 2.31. The Kier molecular flexibility index (Phi) is 11.0. The van der Waals surface area contributed by atoms with Gasteiger partial charge in [0.05, 0.1) is 20.6 Å². The summed E-state index contributed by atoms with van der Waals surface area (Å²) in [5, 5.41) is 3.24. The number of carbonyl (C=O) groups excluding carboxylic acids is 2. The minimum absolute atomic E-state index is 0.0273. The zero-order valence-electron chi connectivity index (χ0n) is 22.5. The van der Waals surface area contributed by atoms with Gasteiger partial charge in [-0.25, -0.2) is 12.8 Å². The number of hydrogen-bond donors (Lipinski definition) is 1. The van der Waals surface area contributed by atoms with Gasteiger partial charge in [-0.3, -0.25) is 13.9 Å². The molecule has 0 saturated carbocycles. The van der Waals surface area contributed by atoms with E-state index < -0.39 is 34.3 Å². The molecule has 0 aromatic heterocycles. The molecule has 3 rings (SSSR count). The minimum Gasteiger partial charge on any atom is -0.352 e. The molecule has 1 N–H and O–H groups in total. The van der Waals surface area contributed by atoms with Crippen LogP contribution in [0.3, 0.4) is 0 Å². The first-order valence-electron chi connectivity index (χ1n) is 12.8. The number of benzene rings is 3. The molecule has 0 fully saturated rings. The summed E-state index contributed by atoms with van der Waals surface area (Å²) in [5.41, 5.74) is 0.710. The molecule has 2 unspecified atom stereocenters. The van der Waals surface area contributed by atoms with Gasteiger partial charge in [0.1, 0.15) is 18.4 Å². The maximum Gasteiger partial charge on any atom is 0.264 e. The van der Waals surface area contributed by atoms with Crippen LogP contribution in [0, 0.1) is 5.82 Å². The van der Waals surface area contributed by atoms with Gasteiger partial charge in [-0.15, -0.1) is 0 Å². The van der Waals surface area contributed by atoms with E-state index >= 15 is 0 Å². The number of amides is 2. The van der Waals surface area contributed by atoms with E-state index in [4.69, 9.17) is 23.2 Å². The van der Waals surface area contributed by atoms with Gasteiger partial charge in [-0.1, -0.05) is 67.4 Å². The fourth-order valence-electron chi connectivity index (χ4n) is 4.04. The molecular weight excluding hydrogens is 576 g/mol. The van der Waals surface area contributed by atoms with Gasteiger partial charge >= 0.3 is 0 Å². The first-order valence-corrected chi connectivity index (χ1v) is 15.0. The Balaban J connectivity index is 2.06. The Morgan fingerprint density at radius 2 is 1.57 bits per heavy atom. The number of halogens is 3. The van der Waals surface area contributed by atoms with Gasteiger partial charge in [0.15, 0.2) is 0 Å². The lowest BCUT2D eigenvalue weighted by molar-refractivity contribution is -0.140. The standard InChI is InChI=1S/C29H32Cl2FN3O4S/c1-4-20(3)33-29(37)27(5-2)34(18-21-11-13-22(32)14-12-21)28(36)19-35(23-15-16-25(30)26(31)17-23)40(38,39)24-9-7-6-8-10-24/h6-17,20,27H,4-5,18-19H2,1-3H3,(H,33,37). The van der Waals surface area contributed by atoms with Gasteiger partial charge in [0.25, 0.3) is 10.0 Å². The summed E-state index contributed by atoms with van der Waals surface area (Å²) in [6, 6.07) is 16.5. The quantitative estimate of drug-likeness (QED) is 0.271. The van der Waals surface area contributed by atoms with E-state index in [0.29, 0.717) is 12.0 Å². The highest BCUT2D eigenvalue weighted by Gasteiger charge is 2.34. The molecule has 0 bridgehead atoms. The van der Waals surface area contributed by atoms with Crippen molar-refractivity contribution in [1.29, 1.82) is 0 Å². The van der Waals surface area contributed by atoms with E-state index in [1.54, 1.807) is 25.1 Å². The number of anilines is 1. The van der Waals surface area contributed by atoms with Crippen LogP contribution in [0.15, 0.2) is 77.7 Å². The average Bonchev–Trinajstić information content (AvgIpc) is 2.94. The van der Waals surface area contributed by atoms with Crippen molar-refractivity contribution in [3.8, 4) is 0 Å². The average molecular weight is 609 g/mol. The number of rotatable bonds is 12. The lowest BCUT2D eigenvalue weighted by Gasteiger charge is -2.33. The van der Waals surface area contributed by atoms with Crippen molar-refractivity contribution in [3.05, 3.63) is 94.2 Å². The Morgan fingerprint density at radius 1 is 0.925 bits per heavy atom. The summed E-state index contributed by atoms with van der Waals surface area (Å²) in [4.78, 5) is 28.6. The molecule has 0 aliphatic rings. The molecule has 11 heteroatoms. The predicted octanol–water partition coefficient (Wildman–Crippen LogP) is 6.05. The second-order valence-electron chi connectivity index (χ2n) is 9.31. The molecule has 7 nitrogen and oxygen atoms in total. The van der Waals surface area contributed by atoms with Crippen LogP contribution in [0.25, 0.3) is 0 Å². The summed E-state index contributed by atoms with van der Waals surface area (Å²) in [7, 11) is -4.23. The normalized spacial score (nSPS) is 12.8. The van der Waals surface area contributed by atoms with Crippen molar-refractivity contribution in [3.63, 3.8) is 0 Å². The summed E-state index contributed by atoms with van der Waals surface area (Å²) in [5.74, 6) is -1.43. The summed E-state index contributed by atoms with van der Waals surface area (Å²) >= 11 is 12.3. The van der Waals surface area contributed by atoms with Crippen molar-refractivity contribution in [2.45, 2.75) is 57.1 Å². The first-order chi connectivity index (χ1) is 19.0. The summed E-state index contributed by atoms with van der Waals surface area (Å²) in [6.07, 6.45) is 0.960. The Morgan fingerprint density at radius 3 is 2.15 bits per heavy atom. The molecule has 0 aliphatic heterocycles. The second kappa shape index (κ2) is 14.0. The number of carbonyl (C=O) groups is 2. The second-order valence-corrected chi connectivity index (χ2v) is 12.0. The van der Waals surface area contributed by atoms with E-state index in [1.807, 2.05) is 13.8 Å². The van der Waals surface area contributed by atoms with Crippen molar-refractivity contribution >= 4 is 50.7 Å². The molecule has 0 spiro atoms. The fourth-order valence-corrected chi connectivity index (χ4v) is 5.76. The molecular formula is C29H32Cl2FN3O4S. The largest absolute Gasteiger partial charge is 0.352 e. The third-order valence-electron chi connectivity index (χ3n) is 6.45. The van der Waals surface area contributed by atoms with E-state index in [2.05, 4.69) is 5.32 Å². The van der Waals surface area contributed by atoms with E-state index in [0.717, 1.165) is 4.31 Å². The molecule has 2 atom stereocenters. The van der Waals surface area contributed by atoms with Gasteiger partial charge in [-0.05, 0) is 67.8 Å². The highest BCUT2D eigenvalue weighted by molar-refractivity contribution is 7.92. The smallest absolute Gasteiger partial charge is 0.264 e. The predicted molar refractivity (Wildman–Crippen MR) is 156 cm³/mol. The lowest BCUT2D eigenvalue weighted by atomic mass is 10.1. The van der Waals surface area contributed by atoms with Crippen LogP contribution in [0.2, 0.25) is 10.0 Å². The van der Waals surface area contributed by atoms with Crippen molar-refractivity contribution in [2.24, 2.45) is 0 Å². The number of nitrogens with one attached hydrogen (secondary N) is 1. The van der Waals surface area contributed by atoms with Crippen LogP contribution in [0.1, 0.15) is 39.2 Å². The first kappa shape index (κ1) is 31.4. The zero-order chi connectivity index (χ0) is 29.4. The van der Waals surface area contributed by atoms with Crippen LogP contribution in [-0.4, -0.2) is 43.8 Å². The topological polar surface area (TPSA) is 86.8 Å². The third kappa shape index (κ3) is 7.74. The Bertz CT molecular complexity index is 1420. The fraction of sp³-hybridized carbons (Fsp3) is 0.310. The molecule has 0 saturated heterocycles. The van der Waals surface area contributed by atoms with Crippen LogP contribution >= 0.6 is 23.2 Å².